The number of hydrogen-bond acceptors (Lipinski definition) is 5. The molecule has 2 aromatic heterocycles. The van der Waals surface area contributed by atoms with Crippen LogP contribution < -0.4 is 15.0 Å². The lowest BCUT2D eigenvalue weighted by atomic mass is 10.1. The lowest BCUT2D eigenvalue weighted by Crippen LogP contribution is -2.11. The van der Waals surface area contributed by atoms with E-state index < -0.39 is 0 Å². The molecule has 0 aliphatic heterocycles. The Morgan fingerprint density at radius 2 is 1.88 bits per heavy atom. The fraction of sp³-hybridized carbons (Fsp3) is 0.421. The topological polar surface area (TPSA) is 82.0 Å². The normalized spacial score (nSPS) is 11.1. The van der Waals surface area contributed by atoms with Crippen molar-refractivity contribution in [2.24, 2.45) is 7.05 Å². The minimum Gasteiger partial charge on any atom is -0.494 e. The average molecular weight is 356 g/mol. The van der Waals surface area contributed by atoms with Crippen LogP contribution in [0.1, 0.15) is 32.4 Å². The molecule has 26 heavy (non-hydrogen) atoms. The number of hydrogen-bond donors (Lipinski definition) is 1. The van der Waals surface area contributed by atoms with Crippen molar-refractivity contribution in [2.75, 3.05) is 13.2 Å². The summed E-state index contributed by atoms with van der Waals surface area (Å²) in [5.41, 5.74) is 1.69. The van der Waals surface area contributed by atoms with Gasteiger partial charge in [0.1, 0.15) is 22.7 Å². The van der Waals surface area contributed by atoms with Gasteiger partial charge >= 0.3 is 0 Å². The van der Waals surface area contributed by atoms with Crippen LogP contribution in [-0.4, -0.2) is 33.0 Å². The molecule has 0 saturated heterocycles. The minimum atomic E-state index is -0.211. The number of aromatic amines is 1. The highest BCUT2D eigenvalue weighted by Crippen LogP contribution is 2.32. The zero-order valence-electron chi connectivity index (χ0n) is 15.6. The van der Waals surface area contributed by atoms with Gasteiger partial charge in [-0.15, -0.1) is 0 Å². The largest absolute Gasteiger partial charge is 0.494 e. The molecule has 0 atom stereocenters. The van der Waals surface area contributed by atoms with E-state index in [0.717, 1.165) is 18.6 Å². The summed E-state index contributed by atoms with van der Waals surface area (Å²) in [6.07, 6.45) is 1.80. The third-order valence-electron chi connectivity index (χ3n) is 4.01. The van der Waals surface area contributed by atoms with Crippen LogP contribution in [0, 0.1) is 6.92 Å². The quantitative estimate of drug-likeness (QED) is 0.703. The smallest absolute Gasteiger partial charge is 0.262 e. The summed E-state index contributed by atoms with van der Waals surface area (Å²) in [5.74, 6) is 1.82. The molecule has 1 aromatic carbocycles. The van der Waals surface area contributed by atoms with E-state index in [9.17, 15) is 4.79 Å². The van der Waals surface area contributed by atoms with Crippen LogP contribution in [0.5, 0.6) is 11.5 Å². The number of rotatable bonds is 7. The van der Waals surface area contributed by atoms with E-state index in [1.807, 2.05) is 25.1 Å². The molecule has 1 N–H and O–H groups in total. The number of aromatic nitrogens is 4. The average Bonchev–Trinajstić information content (AvgIpc) is 2.92. The highest BCUT2D eigenvalue weighted by atomic mass is 16.5. The maximum atomic E-state index is 12.6. The van der Waals surface area contributed by atoms with Crippen LogP contribution in [0.4, 0.5) is 0 Å². The molecule has 2 heterocycles. The molecule has 0 unspecified atom stereocenters. The van der Waals surface area contributed by atoms with Gasteiger partial charge in [-0.2, -0.15) is 5.10 Å². The van der Waals surface area contributed by atoms with Crippen molar-refractivity contribution in [3.05, 3.63) is 34.2 Å². The molecule has 138 valence electrons. The molecule has 3 aromatic rings. The fourth-order valence-corrected chi connectivity index (χ4v) is 2.81. The molecule has 0 aliphatic rings. The Balaban J connectivity index is 2.15. The minimum absolute atomic E-state index is 0.211. The van der Waals surface area contributed by atoms with Gasteiger partial charge in [0.2, 0.25) is 0 Å². The van der Waals surface area contributed by atoms with Gasteiger partial charge in [-0.05, 0) is 38.0 Å². The predicted octanol–water partition coefficient (Wildman–Crippen LogP) is 3.21. The molecular formula is C19H24N4O3. The zero-order valence-corrected chi connectivity index (χ0v) is 15.6. The van der Waals surface area contributed by atoms with Crippen molar-refractivity contribution in [1.82, 2.24) is 19.7 Å². The van der Waals surface area contributed by atoms with E-state index in [0.29, 0.717) is 47.1 Å². The van der Waals surface area contributed by atoms with Crippen LogP contribution in [0.2, 0.25) is 0 Å². The number of ether oxygens (including phenoxy) is 2. The molecule has 7 nitrogen and oxygen atoms in total. The highest BCUT2D eigenvalue weighted by Gasteiger charge is 2.16. The van der Waals surface area contributed by atoms with E-state index in [1.54, 1.807) is 18.7 Å². The number of fused-ring (bicyclic) bond motifs is 1. The van der Waals surface area contributed by atoms with Gasteiger partial charge in [0.05, 0.1) is 24.5 Å². The Bertz CT molecular complexity index is 975. The van der Waals surface area contributed by atoms with Gasteiger partial charge in [-0.1, -0.05) is 13.8 Å². The summed E-state index contributed by atoms with van der Waals surface area (Å²) in [6.45, 7) is 7.10. The monoisotopic (exact) mass is 356 g/mol. The van der Waals surface area contributed by atoms with Crippen LogP contribution in [-0.2, 0) is 7.05 Å². The van der Waals surface area contributed by atoms with Crippen LogP contribution in [0.3, 0.4) is 0 Å². The van der Waals surface area contributed by atoms with Gasteiger partial charge in [-0.3, -0.25) is 4.79 Å². The molecule has 0 amide bonds. The molecule has 0 saturated carbocycles. The highest BCUT2D eigenvalue weighted by molar-refractivity contribution is 5.80. The first-order valence-corrected chi connectivity index (χ1v) is 8.88. The predicted molar refractivity (Wildman–Crippen MR) is 101 cm³/mol. The Kier molecular flexibility index (Phi) is 5.25. The fourth-order valence-electron chi connectivity index (χ4n) is 2.81. The number of benzene rings is 1. The van der Waals surface area contributed by atoms with Gasteiger partial charge in [-0.25, -0.2) is 9.67 Å². The first kappa shape index (κ1) is 18.0. The van der Waals surface area contributed by atoms with Gasteiger partial charge < -0.3 is 14.5 Å². The van der Waals surface area contributed by atoms with Gasteiger partial charge in [0.25, 0.3) is 5.56 Å². The number of nitrogens with zero attached hydrogens (tertiary/aromatic N) is 3. The molecule has 3 rings (SSSR count). The maximum Gasteiger partial charge on any atom is 0.262 e. The van der Waals surface area contributed by atoms with Gasteiger partial charge in [0, 0.05) is 7.05 Å². The van der Waals surface area contributed by atoms with Crippen molar-refractivity contribution in [2.45, 2.75) is 33.6 Å². The molecule has 0 fully saturated rings. The molecule has 0 aliphatic carbocycles. The first-order chi connectivity index (χ1) is 12.5. The molecule has 7 heteroatoms. The Morgan fingerprint density at radius 1 is 1.15 bits per heavy atom. The molecular weight excluding hydrogens is 332 g/mol. The van der Waals surface area contributed by atoms with Gasteiger partial charge in [0.15, 0.2) is 5.65 Å². The molecule has 0 spiro atoms. The molecule has 0 bridgehead atoms. The summed E-state index contributed by atoms with van der Waals surface area (Å²) in [5, 5.41) is 4.80. The zero-order chi connectivity index (χ0) is 18.7. The Hall–Kier alpha value is -2.83. The Labute approximate surface area is 152 Å². The van der Waals surface area contributed by atoms with E-state index in [4.69, 9.17) is 9.47 Å². The van der Waals surface area contributed by atoms with Crippen molar-refractivity contribution in [3.8, 4) is 22.9 Å². The van der Waals surface area contributed by atoms with E-state index in [2.05, 4.69) is 22.0 Å². The number of aryl methyl sites for hydroxylation is 2. The van der Waals surface area contributed by atoms with Crippen molar-refractivity contribution in [1.29, 1.82) is 0 Å². The summed E-state index contributed by atoms with van der Waals surface area (Å²) < 4.78 is 13.2. The number of nitrogens with one attached hydrogen (secondary N) is 1. The lowest BCUT2D eigenvalue weighted by Gasteiger charge is -2.13. The number of H-pyrrole nitrogens is 1. The van der Waals surface area contributed by atoms with Crippen LogP contribution in [0.25, 0.3) is 22.4 Å². The summed E-state index contributed by atoms with van der Waals surface area (Å²) >= 11 is 0. The van der Waals surface area contributed by atoms with E-state index in [-0.39, 0.29) is 5.56 Å². The molecule has 0 radical (unpaired) electrons. The maximum absolute atomic E-state index is 12.6. The second-order valence-corrected chi connectivity index (χ2v) is 6.18. The third-order valence-corrected chi connectivity index (χ3v) is 4.01. The van der Waals surface area contributed by atoms with Crippen molar-refractivity contribution in [3.63, 3.8) is 0 Å². The standard InChI is InChI=1S/C19H24N4O3/c1-5-9-25-13-7-8-15(26-10-6-2)14(11-13)17-20-18-16(19(24)21-17)12(3)22-23(18)4/h7-8,11H,5-6,9-10H2,1-4H3,(H,20,21,24). The SMILES string of the molecule is CCCOc1ccc(OCCC)c(-c2nc3c(c(C)nn3C)c(=O)[nH]2)c1. The third kappa shape index (κ3) is 3.42. The summed E-state index contributed by atoms with van der Waals surface area (Å²) in [7, 11) is 1.78. The first-order valence-electron chi connectivity index (χ1n) is 8.88. The summed E-state index contributed by atoms with van der Waals surface area (Å²) in [6, 6.07) is 5.58. The van der Waals surface area contributed by atoms with Crippen molar-refractivity contribution < 1.29 is 9.47 Å². The second-order valence-electron chi connectivity index (χ2n) is 6.18. The van der Waals surface area contributed by atoms with Crippen molar-refractivity contribution >= 4 is 11.0 Å². The Morgan fingerprint density at radius 3 is 2.62 bits per heavy atom. The van der Waals surface area contributed by atoms with Crippen LogP contribution in [0.15, 0.2) is 23.0 Å². The van der Waals surface area contributed by atoms with E-state index in [1.165, 1.54) is 0 Å². The second kappa shape index (κ2) is 7.59. The van der Waals surface area contributed by atoms with E-state index >= 15 is 0 Å². The van der Waals surface area contributed by atoms with Crippen LogP contribution >= 0.6 is 0 Å². The lowest BCUT2D eigenvalue weighted by molar-refractivity contribution is 0.309. The summed E-state index contributed by atoms with van der Waals surface area (Å²) in [4.78, 5) is 20.1.